The van der Waals surface area contributed by atoms with Crippen molar-refractivity contribution in [1.29, 1.82) is 0 Å². The number of hydrogen-bond donors (Lipinski definition) is 1. The maximum atomic E-state index is 12.4. The zero-order valence-corrected chi connectivity index (χ0v) is 18.9. The van der Waals surface area contributed by atoms with E-state index in [9.17, 15) is 14.4 Å². The normalized spacial score (nSPS) is 11.0. The van der Waals surface area contributed by atoms with E-state index in [0.717, 1.165) is 16.9 Å². The molecule has 0 fully saturated rings. The Morgan fingerprint density at radius 3 is 2.23 bits per heavy atom. The Hall–Kier alpha value is -2.87. The number of carbonyl (C=O) groups excluding carboxylic acids is 3. The summed E-state index contributed by atoms with van der Waals surface area (Å²) in [6.45, 7) is 9.55. The van der Waals surface area contributed by atoms with Gasteiger partial charge in [-0.15, -0.1) is 11.3 Å². The molecule has 1 aromatic carbocycles. The Balaban J connectivity index is 2.13. The number of rotatable bonds is 7. The third-order valence-electron chi connectivity index (χ3n) is 4.34. The second kappa shape index (κ2) is 9.75. The van der Waals surface area contributed by atoms with Crippen molar-refractivity contribution in [2.75, 3.05) is 25.6 Å². The van der Waals surface area contributed by atoms with Crippen LogP contribution in [0.3, 0.4) is 0 Å². The molecule has 1 heterocycles. The number of methoxy groups -OCH3 is 1. The molecule has 0 bridgehead atoms. The number of esters is 2. The molecular formula is C22H27NO6S. The van der Waals surface area contributed by atoms with Crippen LogP contribution in [0, 0.1) is 6.92 Å². The summed E-state index contributed by atoms with van der Waals surface area (Å²) >= 11 is 0.965. The molecule has 0 aliphatic carbocycles. The number of amides is 1. The van der Waals surface area contributed by atoms with Crippen molar-refractivity contribution < 1.29 is 28.6 Å². The summed E-state index contributed by atoms with van der Waals surface area (Å²) in [6.07, 6.45) is 0. The van der Waals surface area contributed by atoms with Gasteiger partial charge in [0.05, 0.1) is 19.3 Å². The molecule has 0 saturated heterocycles. The lowest BCUT2D eigenvalue weighted by atomic mass is 9.87. The van der Waals surface area contributed by atoms with Gasteiger partial charge in [0.25, 0.3) is 5.91 Å². The molecule has 0 saturated carbocycles. The molecule has 0 spiro atoms. The second-order valence-electron chi connectivity index (χ2n) is 7.58. The van der Waals surface area contributed by atoms with Crippen LogP contribution in [-0.4, -0.2) is 38.2 Å². The summed E-state index contributed by atoms with van der Waals surface area (Å²) in [5, 5.41) is 2.87. The highest BCUT2D eigenvalue weighted by molar-refractivity contribution is 7.18. The quantitative estimate of drug-likeness (QED) is 0.654. The third kappa shape index (κ3) is 5.60. The summed E-state index contributed by atoms with van der Waals surface area (Å²) in [4.78, 5) is 36.9. The fourth-order valence-electron chi connectivity index (χ4n) is 2.70. The molecule has 2 aromatic rings. The highest BCUT2D eigenvalue weighted by Gasteiger charge is 2.27. The first kappa shape index (κ1) is 23.4. The number of ether oxygens (including phenoxy) is 3. The highest BCUT2D eigenvalue weighted by atomic mass is 32.1. The number of anilines is 1. The SMILES string of the molecule is CCOC(=O)c1c(NC(=O)COc2ccc(C(C)(C)C)cc2)sc(C(=O)OC)c1C. The Morgan fingerprint density at radius 1 is 1.07 bits per heavy atom. The molecule has 0 unspecified atom stereocenters. The molecule has 0 aliphatic heterocycles. The number of hydrogen-bond acceptors (Lipinski definition) is 7. The highest BCUT2D eigenvalue weighted by Crippen LogP contribution is 2.34. The minimum atomic E-state index is -0.615. The van der Waals surface area contributed by atoms with E-state index in [1.54, 1.807) is 13.8 Å². The van der Waals surface area contributed by atoms with Crippen LogP contribution in [-0.2, 0) is 19.7 Å². The van der Waals surface area contributed by atoms with E-state index in [0.29, 0.717) is 11.3 Å². The first-order valence-electron chi connectivity index (χ1n) is 9.50. The topological polar surface area (TPSA) is 90.9 Å². The van der Waals surface area contributed by atoms with E-state index < -0.39 is 17.8 Å². The van der Waals surface area contributed by atoms with Crippen molar-refractivity contribution >= 4 is 34.2 Å². The maximum Gasteiger partial charge on any atom is 0.348 e. The minimum Gasteiger partial charge on any atom is -0.484 e. The molecule has 0 aliphatic rings. The molecule has 0 atom stereocenters. The van der Waals surface area contributed by atoms with Crippen molar-refractivity contribution in [3.8, 4) is 5.75 Å². The largest absolute Gasteiger partial charge is 0.484 e. The Labute approximate surface area is 180 Å². The van der Waals surface area contributed by atoms with Crippen molar-refractivity contribution in [2.24, 2.45) is 0 Å². The van der Waals surface area contributed by atoms with Crippen molar-refractivity contribution in [3.05, 3.63) is 45.8 Å². The lowest BCUT2D eigenvalue weighted by molar-refractivity contribution is -0.118. The molecule has 8 heteroatoms. The zero-order chi connectivity index (χ0) is 22.5. The van der Waals surface area contributed by atoms with Gasteiger partial charge in [-0.2, -0.15) is 0 Å². The van der Waals surface area contributed by atoms with Gasteiger partial charge in [-0.25, -0.2) is 9.59 Å². The minimum absolute atomic E-state index is 0.0216. The molecule has 0 radical (unpaired) electrons. The fourth-order valence-corrected chi connectivity index (χ4v) is 3.83. The molecule has 162 valence electrons. The molecule has 1 N–H and O–H groups in total. The predicted molar refractivity (Wildman–Crippen MR) is 116 cm³/mol. The van der Waals surface area contributed by atoms with Crippen LogP contribution in [0.25, 0.3) is 0 Å². The van der Waals surface area contributed by atoms with Crippen LogP contribution in [0.5, 0.6) is 5.75 Å². The molecule has 1 aromatic heterocycles. The lowest BCUT2D eigenvalue weighted by Gasteiger charge is -2.19. The summed E-state index contributed by atoms with van der Waals surface area (Å²) in [5.74, 6) is -1.10. The van der Waals surface area contributed by atoms with Gasteiger partial charge >= 0.3 is 11.9 Å². The monoisotopic (exact) mass is 433 g/mol. The van der Waals surface area contributed by atoms with E-state index in [-0.39, 0.29) is 34.1 Å². The lowest BCUT2D eigenvalue weighted by Crippen LogP contribution is -2.21. The number of thiophene rings is 1. The number of benzene rings is 1. The molecule has 2 rings (SSSR count). The summed E-state index contributed by atoms with van der Waals surface area (Å²) in [6, 6.07) is 7.53. The summed E-state index contributed by atoms with van der Waals surface area (Å²) in [7, 11) is 1.25. The smallest absolute Gasteiger partial charge is 0.348 e. The van der Waals surface area contributed by atoms with Gasteiger partial charge in [-0.3, -0.25) is 4.79 Å². The van der Waals surface area contributed by atoms with E-state index in [2.05, 4.69) is 26.1 Å². The van der Waals surface area contributed by atoms with Crippen molar-refractivity contribution in [3.63, 3.8) is 0 Å². The van der Waals surface area contributed by atoms with Crippen LogP contribution >= 0.6 is 11.3 Å². The van der Waals surface area contributed by atoms with Gasteiger partial charge in [0.1, 0.15) is 15.6 Å². The zero-order valence-electron chi connectivity index (χ0n) is 18.1. The van der Waals surface area contributed by atoms with Crippen molar-refractivity contribution in [1.82, 2.24) is 0 Å². The molecule has 1 amide bonds. The summed E-state index contributed by atoms with van der Waals surface area (Å²) in [5.41, 5.74) is 1.72. The Bertz CT molecular complexity index is 924. The van der Waals surface area contributed by atoms with E-state index in [4.69, 9.17) is 14.2 Å². The molecule has 7 nitrogen and oxygen atoms in total. The first-order chi connectivity index (χ1) is 14.1. The predicted octanol–water partition coefficient (Wildman–Crippen LogP) is 4.33. The van der Waals surface area contributed by atoms with Gasteiger partial charge < -0.3 is 19.5 Å². The van der Waals surface area contributed by atoms with Gasteiger partial charge in [-0.1, -0.05) is 32.9 Å². The number of nitrogens with one attached hydrogen (secondary N) is 1. The van der Waals surface area contributed by atoms with Gasteiger partial charge in [0.2, 0.25) is 0 Å². The molecule has 30 heavy (non-hydrogen) atoms. The standard InChI is InChI=1S/C22H27NO6S/c1-7-28-20(25)17-13(2)18(21(26)27-6)30-19(17)23-16(24)12-29-15-10-8-14(9-11-15)22(3,4)5/h8-11H,7,12H2,1-6H3,(H,23,24). The van der Waals surface area contributed by atoms with E-state index in [1.807, 2.05) is 24.3 Å². The van der Waals surface area contributed by atoms with E-state index in [1.165, 1.54) is 7.11 Å². The number of carbonyl (C=O) groups is 3. The van der Waals surface area contributed by atoms with Crippen LogP contribution in [0.4, 0.5) is 5.00 Å². The summed E-state index contributed by atoms with van der Waals surface area (Å²) < 4.78 is 15.4. The Kier molecular flexibility index (Phi) is 7.61. The van der Waals surface area contributed by atoms with Gasteiger partial charge in [-0.05, 0) is 42.5 Å². The average Bonchev–Trinajstić information content (AvgIpc) is 3.01. The average molecular weight is 434 g/mol. The molecular weight excluding hydrogens is 406 g/mol. The fraction of sp³-hybridized carbons (Fsp3) is 0.409. The van der Waals surface area contributed by atoms with Gasteiger partial charge in [0, 0.05) is 0 Å². The van der Waals surface area contributed by atoms with Gasteiger partial charge in [0.15, 0.2) is 6.61 Å². The third-order valence-corrected chi connectivity index (χ3v) is 5.53. The Morgan fingerprint density at radius 2 is 1.70 bits per heavy atom. The van der Waals surface area contributed by atoms with Crippen molar-refractivity contribution in [2.45, 2.75) is 40.0 Å². The van der Waals surface area contributed by atoms with Crippen LogP contribution < -0.4 is 10.1 Å². The van der Waals surface area contributed by atoms with Crippen LogP contribution in [0.15, 0.2) is 24.3 Å². The second-order valence-corrected chi connectivity index (χ2v) is 8.60. The van der Waals surface area contributed by atoms with E-state index >= 15 is 0 Å². The first-order valence-corrected chi connectivity index (χ1v) is 10.3. The van der Waals surface area contributed by atoms with Crippen LogP contribution in [0.1, 0.15) is 58.9 Å². The maximum absolute atomic E-state index is 12.4. The van der Waals surface area contributed by atoms with Crippen LogP contribution in [0.2, 0.25) is 0 Å².